The zero-order valence-corrected chi connectivity index (χ0v) is 7.77. The molecule has 1 unspecified atom stereocenters. The topological polar surface area (TPSA) is 30.9 Å². The van der Waals surface area contributed by atoms with E-state index in [4.69, 9.17) is 5.73 Å². The van der Waals surface area contributed by atoms with E-state index in [1.165, 1.54) is 10.9 Å². The van der Waals surface area contributed by atoms with Gasteiger partial charge >= 0.3 is 0 Å². The number of rotatable bonds is 2. The first-order chi connectivity index (χ1) is 6.27. The average molecular weight is 174 g/mol. The molecule has 0 spiro atoms. The molecule has 0 aliphatic heterocycles. The minimum atomic E-state index is 0.204. The van der Waals surface area contributed by atoms with Gasteiger partial charge in [-0.2, -0.15) is 0 Å². The maximum absolute atomic E-state index is 5.75. The van der Waals surface area contributed by atoms with Crippen molar-refractivity contribution in [2.75, 3.05) is 0 Å². The van der Waals surface area contributed by atoms with Gasteiger partial charge in [0.1, 0.15) is 0 Å². The quantitative estimate of drug-likeness (QED) is 0.741. The minimum absolute atomic E-state index is 0.204. The van der Waals surface area contributed by atoms with Crippen molar-refractivity contribution in [2.24, 2.45) is 5.73 Å². The van der Waals surface area contributed by atoms with E-state index in [0.29, 0.717) is 0 Å². The molecule has 0 saturated carbocycles. The molecule has 0 fully saturated rings. The normalized spacial score (nSPS) is 13.4. The van der Waals surface area contributed by atoms with Crippen molar-refractivity contribution >= 4 is 10.9 Å². The van der Waals surface area contributed by atoms with Gasteiger partial charge in [0, 0.05) is 24.3 Å². The SMILES string of the molecule is CC(N)Cn1ccc2ccccc21. The summed E-state index contributed by atoms with van der Waals surface area (Å²) in [6.45, 7) is 2.91. The molecule has 2 rings (SSSR count). The van der Waals surface area contributed by atoms with Crippen molar-refractivity contribution in [3.63, 3.8) is 0 Å². The van der Waals surface area contributed by atoms with E-state index in [1.807, 2.05) is 6.92 Å². The fourth-order valence-electron chi connectivity index (χ4n) is 1.61. The molecule has 2 N–H and O–H groups in total. The Balaban J connectivity index is 2.46. The van der Waals surface area contributed by atoms with E-state index in [1.54, 1.807) is 0 Å². The van der Waals surface area contributed by atoms with Gasteiger partial charge in [-0.3, -0.25) is 0 Å². The highest BCUT2D eigenvalue weighted by Gasteiger charge is 2.00. The summed E-state index contributed by atoms with van der Waals surface area (Å²) in [6.07, 6.45) is 2.09. The fraction of sp³-hybridized carbons (Fsp3) is 0.273. The number of hydrogen-bond acceptors (Lipinski definition) is 1. The monoisotopic (exact) mass is 174 g/mol. The van der Waals surface area contributed by atoms with E-state index in [2.05, 4.69) is 41.1 Å². The molecule has 2 aromatic rings. The first-order valence-electron chi connectivity index (χ1n) is 4.57. The Morgan fingerprint density at radius 1 is 1.31 bits per heavy atom. The van der Waals surface area contributed by atoms with Crippen LogP contribution in [0.3, 0.4) is 0 Å². The van der Waals surface area contributed by atoms with Crippen LogP contribution in [-0.2, 0) is 6.54 Å². The van der Waals surface area contributed by atoms with Crippen LogP contribution in [0.2, 0.25) is 0 Å². The lowest BCUT2D eigenvalue weighted by atomic mass is 10.2. The highest BCUT2D eigenvalue weighted by Crippen LogP contribution is 2.14. The van der Waals surface area contributed by atoms with Crippen LogP contribution < -0.4 is 5.73 Å². The van der Waals surface area contributed by atoms with Crippen molar-refractivity contribution in [1.29, 1.82) is 0 Å². The van der Waals surface area contributed by atoms with Crippen LogP contribution >= 0.6 is 0 Å². The van der Waals surface area contributed by atoms with Crippen LogP contribution in [0.5, 0.6) is 0 Å². The van der Waals surface area contributed by atoms with Crippen molar-refractivity contribution in [2.45, 2.75) is 19.5 Å². The third-order valence-electron chi connectivity index (χ3n) is 2.16. The molecule has 0 radical (unpaired) electrons. The van der Waals surface area contributed by atoms with Crippen LogP contribution in [0, 0.1) is 0 Å². The summed E-state index contributed by atoms with van der Waals surface area (Å²) in [5.41, 5.74) is 7.02. The predicted molar refractivity (Wildman–Crippen MR) is 55.6 cm³/mol. The molecule has 13 heavy (non-hydrogen) atoms. The van der Waals surface area contributed by atoms with Crippen LogP contribution in [0.4, 0.5) is 0 Å². The Morgan fingerprint density at radius 3 is 2.85 bits per heavy atom. The second-order valence-electron chi connectivity index (χ2n) is 3.50. The molecule has 2 nitrogen and oxygen atoms in total. The number of nitrogens with zero attached hydrogens (tertiary/aromatic N) is 1. The maximum atomic E-state index is 5.75. The zero-order valence-electron chi connectivity index (χ0n) is 7.77. The number of benzene rings is 1. The lowest BCUT2D eigenvalue weighted by molar-refractivity contribution is 0.605. The standard InChI is InChI=1S/C11H14N2/c1-9(12)8-13-7-6-10-4-2-3-5-11(10)13/h2-7,9H,8,12H2,1H3. The number of nitrogens with two attached hydrogens (primary N) is 1. The Bertz CT molecular complexity index is 401. The van der Waals surface area contributed by atoms with Crippen molar-refractivity contribution in [3.05, 3.63) is 36.5 Å². The van der Waals surface area contributed by atoms with Crippen molar-refractivity contribution < 1.29 is 0 Å². The Kier molecular flexibility index (Phi) is 2.07. The number of hydrogen-bond donors (Lipinski definition) is 1. The molecule has 2 heteroatoms. The second-order valence-corrected chi connectivity index (χ2v) is 3.50. The Hall–Kier alpha value is -1.28. The number of aromatic nitrogens is 1. The van der Waals surface area contributed by atoms with E-state index in [0.717, 1.165) is 6.54 Å². The summed E-state index contributed by atoms with van der Waals surface area (Å²) in [6, 6.07) is 10.7. The molecule has 0 bridgehead atoms. The molecular weight excluding hydrogens is 160 g/mol. The molecule has 68 valence electrons. The summed E-state index contributed by atoms with van der Waals surface area (Å²) in [5.74, 6) is 0. The van der Waals surface area contributed by atoms with Crippen LogP contribution in [0.15, 0.2) is 36.5 Å². The van der Waals surface area contributed by atoms with E-state index in [-0.39, 0.29) is 6.04 Å². The smallest absolute Gasteiger partial charge is 0.0480 e. The first kappa shape index (κ1) is 8.32. The fourth-order valence-corrected chi connectivity index (χ4v) is 1.61. The van der Waals surface area contributed by atoms with Gasteiger partial charge < -0.3 is 10.3 Å². The van der Waals surface area contributed by atoms with E-state index in [9.17, 15) is 0 Å². The summed E-state index contributed by atoms with van der Waals surface area (Å²) in [7, 11) is 0. The molecule has 0 amide bonds. The van der Waals surface area contributed by atoms with Crippen LogP contribution in [0.1, 0.15) is 6.92 Å². The molecule has 0 aliphatic carbocycles. The molecule has 0 aliphatic rings. The van der Waals surface area contributed by atoms with Gasteiger partial charge in [0.05, 0.1) is 0 Å². The number of fused-ring (bicyclic) bond motifs is 1. The van der Waals surface area contributed by atoms with Crippen LogP contribution in [0.25, 0.3) is 10.9 Å². The molecule has 1 aromatic heterocycles. The van der Waals surface area contributed by atoms with Gasteiger partial charge in [0.2, 0.25) is 0 Å². The Morgan fingerprint density at radius 2 is 2.08 bits per heavy atom. The first-order valence-corrected chi connectivity index (χ1v) is 4.57. The van der Waals surface area contributed by atoms with Gasteiger partial charge in [-0.15, -0.1) is 0 Å². The summed E-state index contributed by atoms with van der Waals surface area (Å²) in [5, 5.41) is 1.28. The largest absolute Gasteiger partial charge is 0.346 e. The highest BCUT2D eigenvalue weighted by atomic mass is 15.0. The predicted octanol–water partition coefficient (Wildman–Crippen LogP) is 1.99. The molecule has 0 saturated heterocycles. The van der Waals surface area contributed by atoms with E-state index >= 15 is 0 Å². The van der Waals surface area contributed by atoms with Crippen molar-refractivity contribution in [3.8, 4) is 0 Å². The van der Waals surface area contributed by atoms with Gasteiger partial charge in [-0.25, -0.2) is 0 Å². The molecule has 1 heterocycles. The highest BCUT2D eigenvalue weighted by molar-refractivity contribution is 5.79. The number of para-hydroxylation sites is 1. The molecule has 1 aromatic carbocycles. The minimum Gasteiger partial charge on any atom is -0.346 e. The summed E-state index contributed by atoms with van der Waals surface area (Å²) in [4.78, 5) is 0. The summed E-state index contributed by atoms with van der Waals surface area (Å²) >= 11 is 0. The molecule has 1 atom stereocenters. The van der Waals surface area contributed by atoms with Crippen molar-refractivity contribution in [1.82, 2.24) is 4.57 Å². The average Bonchev–Trinajstić information content (AvgIpc) is 2.48. The molecular formula is C11H14N2. The van der Waals surface area contributed by atoms with Gasteiger partial charge in [-0.05, 0) is 24.4 Å². The van der Waals surface area contributed by atoms with E-state index < -0.39 is 0 Å². The lowest BCUT2D eigenvalue weighted by Crippen LogP contribution is -2.21. The van der Waals surface area contributed by atoms with Gasteiger partial charge in [0.15, 0.2) is 0 Å². The van der Waals surface area contributed by atoms with Crippen LogP contribution in [-0.4, -0.2) is 10.6 Å². The second kappa shape index (κ2) is 3.23. The maximum Gasteiger partial charge on any atom is 0.0480 e. The third kappa shape index (κ3) is 1.58. The van der Waals surface area contributed by atoms with Gasteiger partial charge in [0.25, 0.3) is 0 Å². The van der Waals surface area contributed by atoms with Gasteiger partial charge in [-0.1, -0.05) is 18.2 Å². The summed E-state index contributed by atoms with van der Waals surface area (Å²) < 4.78 is 2.19. The lowest BCUT2D eigenvalue weighted by Gasteiger charge is -2.07. The third-order valence-corrected chi connectivity index (χ3v) is 2.16. The zero-order chi connectivity index (χ0) is 9.26. The Labute approximate surface area is 78.0 Å².